The van der Waals surface area contributed by atoms with Gasteiger partial charge in [-0.2, -0.15) is 0 Å². The second-order valence-corrected chi connectivity index (χ2v) is 5.52. The summed E-state index contributed by atoms with van der Waals surface area (Å²) in [6.45, 7) is 4.09. The summed E-state index contributed by atoms with van der Waals surface area (Å²) < 4.78 is 13.4. The molecule has 0 atom stereocenters. The van der Waals surface area contributed by atoms with Gasteiger partial charge in [-0.3, -0.25) is 0 Å². The van der Waals surface area contributed by atoms with Gasteiger partial charge < -0.3 is 5.73 Å². The molecule has 0 aliphatic rings. The summed E-state index contributed by atoms with van der Waals surface area (Å²) >= 11 is 7.08. The van der Waals surface area contributed by atoms with Crippen molar-refractivity contribution in [2.75, 3.05) is 5.73 Å². The van der Waals surface area contributed by atoms with Gasteiger partial charge in [-0.15, -0.1) is 11.3 Å². The Morgan fingerprint density at radius 1 is 1.41 bits per heavy atom. The molecule has 17 heavy (non-hydrogen) atoms. The zero-order valence-electron chi connectivity index (χ0n) is 9.50. The van der Waals surface area contributed by atoms with Crippen LogP contribution in [0.15, 0.2) is 18.2 Å². The molecular weight excluding hydrogens is 259 g/mol. The Hall–Kier alpha value is -1.13. The van der Waals surface area contributed by atoms with Crippen LogP contribution < -0.4 is 5.73 Å². The average molecular weight is 271 g/mol. The van der Waals surface area contributed by atoms with E-state index in [0.29, 0.717) is 22.2 Å². The maximum absolute atomic E-state index is 13.4. The molecule has 0 unspecified atom stereocenters. The number of anilines is 1. The number of hydrogen-bond acceptors (Lipinski definition) is 3. The Morgan fingerprint density at radius 2 is 2.12 bits per heavy atom. The summed E-state index contributed by atoms with van der Waals surface area (Å²) in [7, 11) is 0. The standard InChI is InChI=1S/C12H12ClFN2S/c1-6(2)12-16-10(11(15)17-12)7-3-4-8(13)9(14)5-7/h3-6H,15H2,1-2H3. The molecule has 2 nitrogen and oxygen atoms in total. The van der Waals surface area contributed by atoms with Gasteiger partial charge in [0.25, 0.3) is 0 Å². The SMILES string of the molecule is CC(C)c1nc(-c2ccc(Cl)c(F)c2)c(N)s1. The van der Waals surface area contributed by atoms with E-state index in [2.05, 4.69) is 4.98 Å². The second kappa shape index (κ2) is 4.63. The van der Waals surface area contributed by atoms with Crippen LogP contribution in [0.2, 0.25) is 5.02 Å². The summed E-state index contributed by atoms with van der Waals surface area (Å²) in [6.07, 6.45) is 0. The number of hydrogen-bond donors (Lipinski definition) is 1. The topological polar surface area (TPSA) is 38.9 Å². The predicted octanol–water partition coefficient (Wildman–Crippen LogP) is 4.31. The minimum atomic E-state index is -0.456. The van der Waals surface area contributed by atoms with E-state index in [1.165, 1.54) is 23.5 Å². The van der Waals surface area contributed by atoms with Crippen molar-refractivity contribution in [2.24, 2.45) is 0 Å². The summed E-state index contributed by atoms with van der Waals surface area (Å²) in [4.78, 5) is 4.43. The van der Waals surface area contributed by atoms with E-state index in [0.717, 1.165) is 5.01 Å². The van der Waals surface area contributed by atoms with Gasteiger partial charge in [0.05, 0.1) is 10.0 Å². The van der Waals surface area contributed by atoms with Crippen molar-refractivity contribution in [2.45, 2.75) is 19.8 Å². The number of rotatable bonds is 2. The largest absolute Gasteiger partial charge is 0.389 e. The average Bonchev–Trinajstić information content (AvgIpc) is 2.65. The van der Waals surface area contributed by atoms with Crippen LogP contribution in [0.5, 0.6) is 0 Å². The molecule has 5 heteroatoms. The van der Waals surface area contributed by atoms with Crippen LogP contribution in [-0.2, 0) is 0 Å². The normalized spacial score (nSPS) is 11.1. The molecule has 0 radical (unpaired) electrons. The van der Waals surface area contributed by atoms with Crippen molar-refractivity contribution < 1.29 is 4.39 Å². The van der Waals surface area contributed by atoms with Crippen LogP contribution >= 0.6 is 22.9 Å². The fraction of sp³-hybridized carbons (Fsp3) is 0.250. The Morgan fingerprint density at radius 3 is 2.65 bits per heavy atom. The Bertz CT molecular complexity index is 551. The minimum absolute atomic E-state index is 0.103. The molecule has 0 saturated carbocycles. The van der Waals surface area contributed by atoms with Crippen molar-refractivity contribution in [3.8, 4) is 11.3 Å². The smallest absolute Gasteiger partial charge is 0.142 e. The molecular formula is C12H12ClFN2S. The van der Waals surface area contributed by atoms with E-state index >= 15 is 0 Å². The highest BCUT2D eigenvalue weighted by molar-refractivity contribution is 7.16. The van der Waals surface area contributed by atoms with Crippen molar-refractivity contribution in [3.63, 3.8) is 0 Å². The van der Waals surface area contributed by atoms with Gasteiger partial charge in [0.2, 0.25) is 0 Å². The van der Waals surface area contributed by atoms with Crippen LogP contribution in [-0.4, -0.2) is 4.98 Å². The van der Waals surface area contributed by atoms with Crippen molar-refractivity contribution in [3.05, 3.63) is 34.0 Å². The Labute approximate surface area is 108 Å². The van der Waals surface area contributed by atoms with E-state index in [1.807, 2.05) is 13.8 Å². The number of thiazole rings is 1. The van der Waals surface area contributed by atoms with Gasteiger partial charge in [0.15, 0.2) is 0 Å². The van der Waals surface area contributed by atoms with Crippen LogP contribution in [0, 0.1) is 5.82 Å². The molecule has 0 bridgehead atoms. The molecule has 0 saturated heterocycles. The molecule has 0 spiro atoms. The molecule has 0 aliphatic heterocycles. The minimum Gasteiger partial charge on any atom is -0.389 e. The zero-order chi connectivity index (χ0) is 12.6. The first kappa shape index (κ1) is 12.3. The first-order valence-electron chi connectivity index (χ1n) is 5.20. The third-order valence-electron chi connectivity index (χ3n) is 2.36. The molecule has 2 N–H and O–H groups in total. The first-order valence-corrected chi connectivity index (χ1v) is 6.40. The number of halogens is 2. The predicted molar refractivity (Wildman–Crippen MR) is 71.0 cm³/mol. The maximum atomic E-state index is 13.4. The first-order chi connectivity index (χ1) is 7.99. The van der Waals surface area contributed by atoms with E-state index < -0.39 is 5.82 Å². The highest BCUT2D eigenvalue weighted by Gasteiger charge is 2.14. The van der Waals surface area contributed by atoms with Gasteiger partial charge in [-0.25, -0.2) is 9.37 Å². The highest BCUT2D eigenvalue weighted by atomic mass is 35.5. The lowest BCUT2D eigenvalue weighted by atomic mass is 10.1. The molecule has 90 valence electrons. The van der Waals surface area contributed by atoms with E-state index in [4.69, 9.17) is 17.3 Å². The third-order valence-corrected chi connectivity index (χ3v) is 3.85. The van der Waals surface area contributed by atoms with Crippen LogP contribution in [0.3, 0.4) is 0 Å². The monoisotopic (exact) mass is 270 g/mol. The number of nitrogen functional groups attached to an aromatic ring is 1. The van der Waals surface area contributed by atoms with E-state index in [9.17, 15) is 4.39 Å². The van der Waals surface area contributed by atoms with Crippen LogP contribution in [0.25, 0.3) is 11.3 Å². The fourth-order valence-corrected chi connectivity index (χ4v) is 2.42. The van der Waals surface area contributed by atoms with Crippen LogP contribution in [0.4, 0.5) is 9.39 Å². The summed E-state index contributed by atoms with van der Waals surface area (Å²) in [5.41, 5.74) is 7.19. The summed E-state index contributed by atoms with van der Waals surface area (Å²) in [5.74, 6) is -0.143. The Balaban J connectivity index is 2.49. The quantitative estimate of drug-likeness (QED) is 0.883. The molecule has 0 amide bonds. The molecule has 0 aliphatic carbocycles. The second-order valence-electron chi connectivity index (χ2n) is 4.05. The van der Waals surface area contributed by atoms with Gasteiger partial charge in [0, 0.05) is 11.5 Å². The van der Waals surface area contributed by atoms with E-state index in [1.54, 1.807) is 6.07 Å². The summed E-state index contributed by atoms with van der Waals surface area (Å²) in [6, 6.07) is 4.60. The molecule has 2 aromatic rings. The van der Waals surface area contributed by atoms with Crippen molar-refractivity contribution in [1.29, 1.82) is 0 Å². The van der Waals surface area contributed by atoms with Gasteiger partial charge in [0.1, 0.15) is 16.5 Å². The number of nitrogens with two attached hydrogens (primary N) is 1. The molecule has 0 fully saturated rings. The van der Waals surface area contributed by atoms with Gasteiger partial charge in [-0.1, -0.05) is 31.5 Å². The van der Waals surface area contributed by atoms with Crippen molar-refractivity contribution in [1.82, 2.24) is 4.98 Å². The maximum Gasteiger partial charge on any atom is 0.142 e. The third kappa shape index (κ3) is 2.42. The van der Waals surface area contributed by atoms with Crippen molar-refractivity contribution >= 4 is 27.9 Å². The lowest BCUT2D eigenvalue weighted by Gasteiger charge is -2.00. The lowest BCUT2D eigenvalue weighted by molar-refractivity contribution is 0.628. The molecule has 2 rings (SSSR count). The fourth-order valence-electron chi connectivity index (χ4n) is 1.45. The molecule has 1 aromatic heterocycles. The summed E-state index contributed by atoms with van der Waals surface area (Å²) in [5, 5.41) is 1.66. The van der Waals surface area contributed by atoms with Gasteiger partial charge in [-0.05, 0) is 12.1 Å². The van der Waals surface area contributed by atoms with Crippen LogP contribution in [0.1, 0.15) is 24.8 Å². The van der Waals surface area contributed by atoms with Gasteiger partial charge >= 0.3 is 0 Å². The zero-order valence-corrected chi connectivity index (χ0v) is 11.1. The number of nitrogens with zero attached hydrogens (tertiary/aromatic N) is 1. The molecule has 1 aromatic carbocycles. The highest BCUT2D eigenvalue weighted by Crippen LogP contribution is 2.34. The number of aromatic nitrogens is 1. The lowest BCUT2D eigenvalue weighted by Crippen LogP contribution is -1.88. The molecule has 1 heterocycles. The number of benzene rings is 1. The Kier molecular flexibility index (Phi) is 3.35. The van der Waals surface area contributed by atoms with E-state index in [-0.39, 0.29) is 5.02 Å².